The number of carbonyl (C=O) groups is 1. The molecular weight excluding hydrogens is 299 g/mol. The van der Waals surface area contributed by atoms with E-state index >= 15 is 0 Å². The van der Waals surface area contributed by atoms with E-state index < -0.39 is 0 Å². The topological polar surface area (TPSA) is 44.8 Å². The van der Waals surface area contributed by atoms with Gasteiger partial charge in [-0.05, 0) is 48.7 Å². The Hall–Kier alpha value is -2.56. The van der Waals surface area contributed by atoms with Crippen LogP contribution in [0.4, 0.5) is 4.39 Å². The number of esters is 1. The first kappa shape index (κ1) is 15.3. The Morgan fingerprint density at radius 2 is 2.04 bits per heavy atom. The molecule has 0 bridgehead atoms. The molecule has 120 valence electrons. The zero-order valence-corrected chi connectivity index (χ0v) is 13.0. The first-order valence-corrected chi connectivity index (χ1v) is 7.33. The molecule has 0 saturated carbocycles. The van der Waals surface area contributed by atoms with E-state index in [1.54, 1.807) is 30.3 Å². The number of hydrogen-bond acceptors (Lipinski definition) is 4. The lowest BCUT2D eigenvalue weighted by atomic mass is 9.96. The summed E-state index contributed by atoms with van der Waals surface area (Å²) in [6.07, 6.45) is 0.995. The molecule has 0 amide bonds. The number of rotatable bonds is 3. The molecule has 2 aromatic carbocycles. The third kappa shape index (κ3) is 2.99. The van der Waals surface area contributed by atoms with E-state index in [9.17, 15) is 9.18 Å². The van der Waals surface area contributed by atoms with Gasteiger partial charge in [0.1, 0.15) is 23.4 Å². The van der Waals surface area contributed by atoms with Crippen molar-refractivity contribution in [1.82, 2.24) is 0 Å². The van der Waals surface area contributed by atoms with Crippen molar-refractivity contribution >= 4 is 5.97 Å². The van der Waals surface area contributed by atoms with Crippen molar-refractivity contribution in [2.24, 2.45) is 0 Å². The lowest BCUT2D eigenvalue weighted by molar-refractivity contribution is 0.0600. The van der Waals surface area contributed by atoms with Crippen LogP contribution in [0.5, 0.6) is 11.5 Å². The van der Waals surface area contributed by atoms with Crippen molar-refractivity contribution in [3.8, 4) is 11.5 Å². The fraction of sp³-hybridized carbons (Fsp3) is 0.278. The highest BCUT2D eigenvalue weighted by Gasteiger charge is 2.25. The Labute approximate surface area is 133 Å². The lowest BCUT2D eigenvalue weighted by Crippen LogP contribution is -2.17. The predicted molar refractivity (Wildman–Crippen MR) is 82.4 cm³/mol. The van der Waals surface area contributed by atoms with Crippen molar-refractivity contribution in [2.45, 2.75) is 18.9 Å². The van der Waals surface area contributed by atoms with Crippen LogP contribution >= 0.6 is 0 Å². The van der Waals surface area contributed by atoms with Gasteiger partial charge in [0, 0.05) is 11.6 Å². The van der Waals surface area contributed by atoms with Gasteiger partial charge in [-0.1, -0.05) is 0 Å². The molecule has 0 radical (unpaired) electrons. The van der Waals surface area contributed by atoms with Crippen molar-refractivity contribution in [3.05, 3.63) is 58.9 Å². The third-order valence-electron chi connectivity index (χ3n) is 3.98. The maximum Gasteiger partial charge on any atom is 0.337 e. The zero-order valence-electron chi connectivity index (χ0n) is 13.0. The second-order valence-corrected chi connectivity index (χ2v) is 5.35. The van der Waals surface area contributed by atoms with E-state index in [1.165, 1.54) is 20.3 Å². The van der Waals surface area contributed by atoms with Crippen LogP contribution in [0.15, 0.2) is 36.4 Å². The number of carbonyl (C=O) groups excluding carboxylic acids is 1. The number of ether oxygens (including phenoxy) is 3. The molecule has 3 rings (SSSR count). The molecule has 1 atom stereocenters. The molecule has 23 heavy (non-hydrogen) atoms. The standard InChI is InChI=1S/C18H17FO4/c1-21-13-5-6-14(15(19)10-13)17-8-3-11-9-12(18(20)22-2)4-7-16(11)23-17/h4-7,9-10,17H,3,8H2,1-2H3. The van der Waals surface area contributed by atoms with Crippen molar-refractivity contribution in [2.75, 3.05) is 14.2 Å². The van der Waals surface area contributed by atoms with Gasteiger partial charge >= 0.3 is 5.97 Å². The molecule has 0 fully saturated rings. The fourth-order valence-electron chi connectivity index (χ4n) is 2.75. The van der Waals surface area contributed by atoms with Crippen molar-refractivity contribution in [1.29, 1.82) is 0 Å². The van der Waals surface area contributed by atoms with Crippen LogP contribution in [0.3, 0.4) is 0 Å². The summed E-state index contributed by atoms with van der Waals surface area (Å²) in [6.45, 7) is 0. The lowest BCUT2D eigenvalue weighted by Gasteiger charge is -2.27. The number of aryl methyl sites for hydroxylation is 1. The molecule has 2 aromatic rings. The summed E-state index contributed by atoms with van der Waals surface area (Å²) < 4.78 is 29.8. The van der Waals surface area contributed by atoms with Gasteiger partial charge in [-0.15, -0.1) is 0 Å². The summed E-state index contributed by atoms with van der Waals surface area (Å²) in [4.78, 5) is 11.6. The van der Waals surface area contributed by atoms with Crippen molar-refractivity contribution in [3.63, 3.8) is 0 Å². The minimum atomic E-state index is -0.379. The van der Waals surface area contributed by atoms with Gasteiger partial charge in [0.15, 0.2) is 0 Å². The maximum atomic E-state index is 14.2. The molecule has 0 saturated heterocycles. The highest BCUT2D eigenvalue weighted by molar-refractivity contribution is 5.89. The summed E-state index contributed by atoms with van der Waals surface area (Å²) in [5.41, 5.74) is 1.93. The minimum absolute atomic E-state index is 0.344. The maximum absolute atomic E-state index is 14.2. The van der Waals surface area contributed by atoms with E-state index in [1.807, 2.05) is 0 Å². The fourth-order valence-corrected chi connectivity index (χ4v) is 2.75. The quantitative estimate of drug-likeness (QED) is 0.810. The van der Waals surface area contributed by atoms with E-state index in [-0.39, 0.29) is 17.9 Å². The normalized spacial score (nSPS) is 16.2. The second kappa shape index (κ2) is 6.28. The predicted octanol–water partition coefficient (Wildman–Crippen LogP) is 3.69. The molecule has 1 aliphatic rings. The van der Waals surface area contributed by atoms with Gasteiger partial charge < -0.3 is 14.2 Å². The van der Waals surface area contributed by atoms with E-state index in [2.05, 4.69) is 0 Å². The number of hydrogen-bond donors (Lipinski definition) is 0. The molecule has 0 aliphatic carbocycles. The molecule has 1 unspecified atom stereocenters. The summed E-state index contributed by atoms with van der Waals surface area (Å²) in [5.74, 6) is 0.425. The second-order valence-electron chi connectivity index (χ2n) is 5.35. The first-order chi connectivity index (χ1) is 11.1. The number of benzene rings is 2. The molecule has 4 nitrogen and oxygen atoms in total. The van der Waals surface area contributed by atoms with Crippen molar-refractivity contribution < 1.29 is 23.4 Å². The minimum Gasteiger partial charge on any atom is -0.497 e. The average Bonchev–Trinajstić information content (AvgIpc) is 2.60. The Morgan fingerprint density at radius 1 is 1.22 bits per heavy atom. The molecular formula is C18H17FO4. The third-order valence-corrected chi connectivity index (χ3v) is 3.98. The molecule has 1 heterocycles. The number of fused-ring (bicyclic) bond motifs is 1. The van der Waals surface area contributed by atoms with Gasteiger partial charge in [-0.3, -0.25) is 0 Å². The smallest absolute Gasteiger partial charge is 0.337 e. The Bertz CT molecular complexity index is 742. The molecule has 5 heteroatoms. The first-order valence-electron chi connectivity index (χ1n) is 7.33. The van der Waals surface area contributed by atoms with Gasteiger partial charge in [0.2, 0.25) is 0 Å². The largest absolute Gasteiger partial charge is 0.497 e. The van der Waals surface area contributed by atoms with Crippen LogP contribution in [0, 0.1) is 5.82 Å². The highest BCUT2D eigenvalue weighted by atomic mass is 19.1. The van der Waals surface area contributed by atoms with Crippen LogP contribution in [0.2, 0.25) is 0 Å². The van der Waals surface area contributed by atoms with Crippen LogP contribution in [0.1, 0.15) is 34.0 Å². The van der Waals surface area contributed by atoms with Gasteiger partial charge in [-0.25, -0.2) is 9.18 Å². The average molecular weight is 316 g/mol. The van der Waals surface area contributed by atoms with E-state index in [4.69, 9.17) is 14.2 Å². The number of halogens is 1. The SMILES string of the molecule is COC(=O)c1ccc2c(c1)CCC(c1ccc(OC)cc1F)O2. The van der Waals surface area contributed by atoms with E-state index in [0.717, 1.165) is 5.56 Å². The summed E-state index contributed by atoms with van der Waals surface area (Å²) >= 11 is 0. The molecule has 0 aromatic heterocycles. The molecule has 1 aliphatic heterocycles. The number of methoxy groups -OCH3 is 2. The summed E-state index contributed by atoms with van der Waals surface area (Å²) in [7, 11) is 2.85. The van der Waals surface area contributed by atoms with E-state index in [0.29, 0.717) is 35.5 Å². The molecule has 0 N–H and O–H groups in total. The zero-order chi connectivity index (χ0) is 16.4. The Balaban J connectivity index is 1.84. The van der Waals surface area contributed by atoms with Gasteiger partial charge in [0.05, 0.1) is 19.8 Å². The van der Waals surface area contributed by atoms with Crippen LogP contribution in [-0.2, 0) is 11.2 Å². The van der Waals surface area contributed by atoms with Crippen LogP contribution < -0.4 is 9.47 Å². The Kier molecular flexibility index (Phi) is 4.19. The van der Waals surface area contributed by atoms with Gasteiger partial charge in [0.25, 0.3) is 0 Å². The monoisotopic (exact) mass is 316 g/mol. The van der Waals surface area contributed by atoms with Gasteiger partial charge in [-0.2, -0.15) is 0 Å². The summed E-state index contributed by atoms with van der Waals surface area (Å²) in [5, 5.41) is 0. The van der Waals surface area contributed by atoms with Crippen LogP contribution in [0.25, 0.3) is 0 Å². The molecule has 0 spiro atoms. The highest BCUT2D eigenvalue weighted by Crippen LogP contribution is 2.36. The van der Waals surface area contributed by atoms with Crippen LogP contribution in [-0.4, -0.2) is 20.2 Å². The summed E-state index contributed by atoms with van der Waals surface area (Å²) in [6, 6.07) is 9.91. The Morgan fingerprint density at radius 3 is 2.74 bits per heavy atom.